The fraction of sp³-hybridized carbons (Fsp3) is 0.867. The van der Waals surface area contributed by atoms with E-state index >= 15 is 0 Å². The van der Waals surface area contributed by atoms with Crippen LogP contribution in [-0.4, -0.2) is 40.1 Å². The first kappa shape index (κ1) is 17.1. The normalized spacial score (nSPS) is 13.7. The molecule has 0 amide bonds. The molecule has 0 aromatic carbocycles. The van der Waals surface area contributed by atoms with Gasteiger partial charge in [0, 0.05) is 26.1 Å². The van der Waals surface area contributed by atoms with E-state index in [0.29, 0.717) is 6.04 Å². The van der Waals surface area contributed by atoms with Gasteiger partial charge in [0.2, 0.25) is 0 Å². The zero-order chi connectivity index (χ0) is 15.0. The van der Waals surface area contributed by atoms with Gasteiger partial charge >= 0.3 is 0 Å². The van der Waals surface area contributed by atoms with Crippen LogP contribution < -0.4 is 5.32 Å². The van der Waals surface area contributed by atoms with Crippen LogP contribution in [0.1, 0.15) is 52.8 Å². The topological polar surface area (TPSA) is 52.0 Å². The average Bonchev–Trinajstić information content (AvgIpc) is 2.83. The Morgan fingerprint density at radius 1 is 1.35 bits per heavy atom. The van der Waals surface area contributed by atoms with Gasteiger partial charge < -0.3 is 10.1 Å². The fourth-order valence-electron chi connectivity index (χ4n) is 2.31. The van der Waals surface area contributed by atoms with Gasteiger partial charge in [0.1, 0.15) is 12.2 Å². The van der Waals surface area contributed by atoms with E-state index in [1.807, 2.05) is 4.68 Å². The molecule has 20 heavy (non-hydrogen) atoms. The summed E-state index contributed by atoms with van der Waals surface area (Å²) in [7, 11) is 1.77. The van der Waals surface area contributed by atoms with E-state index in [1.165, 1.54) is 0 Å². The fourth-order valence-corrected chi connectivity index (χ4v) is 2.31. The molecule has 0 radical (unpaired) electrons. The van der Waals surface area contributed by atoms with Gasteiger partial charge in [0.15, 0.2) is 0 Å². The lowest BCUT2D eigenvalue weighted by Gasteiger charge is -2.29. The third-order valence-electron chi connectivity index (χ3n) is 3.53. The maximum absolute atomic E-state index is 5.56. The number of aromatic nitrogens is 3. The van der Waals surface area contributed by atoms with Gasteiger partial charge in [-0.25, -0.2) is 4.98 Å². The molecule has 0 spiro atoms. The van der Waals surface area contributed by atoms with Crippen LogP contribution in [0.4, 0.5) is 0 Å². The first-order valence-corrected chi connectivity index (χ1v) is 7.67. The van der Waals surface area contributed by atoms with Crippen LogP contribution in [0.25, 0.3) is 0 Å². The van der Waals surface area contributed by atoms with Gasteiger partial charge in [-0.3, -0.25) is 4.68 Å². The molecule has 1 atom stereocenters. The van der Waals surface area contributed by atoms with Crippen LogP contribution in [0, 0.1) is 0 Å². The minimum atomic E-state index is -0.124. The smallest absolute Gasteiger partial charge is 0.138 e. The molecule has 0 aliphatic heterocycles. The van der Waals surface area contributed by atoms with Gasteiger partial charge in [-0.2, -0.15) is 5.10 Å². The van der Waals surface area contributed by atoms with Crippen molar-refractivity contribution in [3.05, 3.63) is 12.2 Å². The van der Waals surface area contributed by atoms with Crippen molar-refractivity contribution in [2.24, 2.45) is 0 Å². The molecule has 1 N–H and O–H groups in total. The third-order valence-corrected chi connectivity index (χ3v) is 3.53. The molecule has 1 heterocycles. The maximum atomic E-state index is 5.56. The van der Waals surface area contributed by atoms with Crippen LogP contribution in [0.15, 0.2) is 6.33 Å². The minimum absolute atomic E-state index is 0.124. The summed E-state index contributed by atoms with van der Waals surface area (Å²) < 4.78 is 7.58. The van der Waals surface area contributed by atoms with Crippen LogP contribution in [-0.2, 0) is 17.7 Å². The molecule has 1 unspecified atom stereocenters. The second-order valence-electron chi connectivity index (χ2n) is 5.92. The van der Waals surface area contributed by atoms with Crippen molar-refractivity contribution in [1.29, 1.82) is 0 Å². The van der Waals surface area contributed by atoms with E-state index in [2.05, 4.69) is 43.1 Å². The highest BCUT2D eigenvalue weighted by Crippen LogP contribution is 2.18. The summed E-state index contributed by atoms with van der Waals surface area (Å²) in [6.45, 7) is 10.6. The summed E-state index contributed by atoms with van der Waals surface area (Å²) in [5.41, 5.74) is -0.124. The van der Waals surface area contributed by atoms with Crippen molar-refractivity contribution in [3.8, 4) is 0 Å². The Labute approximate surface area is 123 Å². The number of nitrogens with zero attached hydrogens (tertiary/aromatic N) is 3. The molecule has 1 aromatic heterocycles. The number of hydrogen-bond acceptors (Lipinski definition) is 4. The molecule has 0 aliphatic carbocycles. The molecule has 5 nitrogen and oxygen atoms in total. The molecule has 5 heteroatoms. The van der Waals surface area contributed by atoms with E-state index in [-0.39, 0.29) is 5.60 Å². The summed E-state index contributed by atoms with van der Waals surface area (Å²) in [6.07, 6.45) is 5.72. The number of nitrogens with one attached hydrogen (secondary N) is 1. The first-order valence-electron chi connectivity index (χ1n) is 7.67. The van der Waals surface area contributed by atoms with Gasteiger partial charge in [0.25, 0.3) is 0 Å². The lowest BCUT2D eigenvalue weighted by molar-refractivity contribution is 0.00691. The predicted octanol–water partition coefficient (Wildman–Crippen LogP) is 2.41. The van der Waals surface area contributed by atoms with Gasteiger partial charge in [-0.05, 0) is 39.7 Å². The van der Waals surface area contributed by atoms with Crippen molar-refractivity contribution < 1.29 is 4.74 Å². The number of aryl methyl sites for hydroxylation is 1. The van der Waals surface area contributed by atoms with Crippen molar-refractivity contribution in [2.75, 3.05) is 13.7 Å². The standard InChI is InChI=1S/C15H30N4O/c1-6-8-16-13(11-15(3,4)20-5)10-14-17-12-18-19(14)9-7-2/h12-13,16H,6-11H2,1-5H3. The Morgan fingerprint density at radius 2 is 2.10 bits per heavy atom. The molecule has 0 aliphatic rings. The molecular weight excluding hydrogens is 252 g/mol. The van der Waals surface area contributed by atoms with Crippen molar-refractivity contribution in [2.45, 2.75) is 71.6 Å². The zero-order valence-electron chi connectivity index (χ0n) is 13.6. The minimum Gasteiger partial charge on any atom is -0.379 e. The summed E-state index contributed by atoms with van der Waals surface area (Å²) in [5.74, 6) is 1.06. The van der Waals surface area contributed by atoms with E-state index in [0.717, 1.165) is 44.6 Å². The summed E-state index contributed by atoms with van der Waals surface area (Å²) >= 11 is 0. The lowest BCUT2D eigenvalue weighted by atomic mass is 9.96. The number of rotatable bonds is 10. The van der Waals surface area contributed by atoms with Crippen molar-refractivity contribution in [3.63, 3.8) is 0 Å². The zero-order valence-corrected chi connectivity index (χ0v) is 13.6. The monoisotopic (exact) mass is 282 g/mol. The molecule has 0 saturated carbocycles. The van der Waals surface area contributed by atoms with E-state index in [1.54, 1.807) is 13.4 Å². The Kier molecular flexibility index (Phi) is 7.16. The maximum Gasteiger partial charge on any atom is 0.138 e. The van der Waals surface area contributed by atoms with Crippen LogP contribution in [0.5, 0.6) is 0 Å². The van der Waals surface area contributed by atoms with Crippen LogP contribution >= 0.6 is 0 Å². The highest BCUT2D eigenvalue weighted by molar-refractivity contribution is 4.92. The Bertz CT molecular complexity index is 376. The SMILES string of the molecule is CCCNC(Cc1ncnn1CCC)CC(C)(C)OC. The molecular formula is C15H30N4O. The summed E-state index contributed by atoms with van der Waals surface area (Å²) in [5, 5.41) is 7.91. The largest absolute Gasteiger partial charge is 0.379 e. The third kappa shape index (κ3) is 5.59. The Morgan fingerprint density at radius 3 is 2.70 bits per heavy atom. The van der Waals surface area contributed by atoms with Gasteiger partial charge in [-0.15, -0.1) is 0 Å². The molecule has 1 rings (SSSR count). The number of methoxy groups -OCH3 is 1. The Hall–Kier alpha value is -0.940. The molecule has 0 bridgehead atoms. The second-order valence-corrected chi connectivity index (χ2v) is 5.92. The highest BCUT2D eigenvalue weighted by Gasteiger charge is 2.24. The van der Waals surface area contributed by atoms with Crippen LogP contribution in [0.2, 0.25) is 0 Å². The highest BCUT2D eigenvalue weighted by atomic mass is 16.5. The van der Waals surface area contributed by atoms with E-state index in [9.17, 15) is 0 Å². The van der Waals surface area contributed by atoms with Gasteiger partial charge in [0.05, 0.1) is 5.60 Å². The van der Waals surface area contributed by atoms with Crippen molar-refractivity contribution >= 4 is 0 Å². The number of ether oxygens (including phenoxy) is 1. The Balaban J connectivity index is 2.70. The lowest BCUT2D eigenvalue weighted by Crippen LogP contribution is -2.40. The molecule has 1 aromatic rings. The number of hydrogen-bond donors (Lipinski definition) is 1. The van der Waals surface area contributed by atoms with Gasteiger partial charge in [-0.1, -0.05) is 13.8 Å². The van der Waals surface area contributed by atoms with E-state index < -0.39 is 0 Å². The predicted molar refractivity (Wildman–Crippen MR) is 81.8 cm³/mol. The summed E-state index contributed by atoms with van der Waals surface area (Å²) in [4.78, 5) is 4.41. The molecule has 116 valence electrons. The van der Waals surface area contributed by atoms with E-state index in [4.69, 9.17) is 4.74 Å². The molecule has 0 saturated heterocycles. The average molecular weight is 282 g/mol. The van der Waals surface area contributed by atoms with Crippen molar-refractivity contribution in [1.82, 2.24) is 20.1 Å². The first-order chi connectivity index (χ1) is 9.52. The summed E-state index contributed by atoms with van der Waals surface area (Å²) in [6, 6.07) is 0.365. The van der Waals surface area contributed by atoms with Crippen LogP contribution in [0.3, 0.4) is 0 Å². The quantitative estimate of drug-likeness (QED) is 0.716. The second kappa shape index (κ2) is 8.37. The molecule has 0 fully saturated rings.